The lowest BCUT2D eigenvalue weighted by Crippen LogP contribution is -2.61. The Labute approximate surface area is 533 Å². The highest BCUT2D eigenvalue weighted by Gasteiger charge is 2.47. The number of hydrogen-bond donors (Lipinski definition) is 6. The van der Waals surface area contributed by atoms with Crippen molar-refractivity contribution in [2.75, 3.05) is 13.2 Å². The van der Waals surface area contributed by atoms with Gasteiger partial charge in [0.15, 0.2) is 12.4 Å². The number of aliphatic hydroxyl groups excluding tert-OH is 5. The molecular weight excluding hydrogens is 1090 g/mol. The van der Waals surface area contributed by atoms with Crippen LogP contribution in [0.1, 0.15) is 310 Å². The molecule has 1 rings (SSSR count). The van der Waals surface area contributed by atoms with E-state index in [0.29, 0.717) is 12.8 Å². The molecule has 8 atom stereocenters. The maximum atomic E-state index is 13.5. The first-order valence-corrected chi connectivity index (χ1v) is 36.0. The number of unbranched alkanes of at least 4 members (excludes halogenated alkanes) is 33. The summed E-state index contributed by atoms with van der Waals surface area (Å²) in [6, 6.07) is -1.03. The molecule has 1 aliphatic heterocycles. The second-order valence-electron chi connectivity index (χ2n) is 24.6. The second-order valence-corrected chi connectivity index (χ2v) is 24.6. The zero-order chi connectivity index (χ0) is 63.1. The molecule has 1 amide bonds. The molecule has 8 unspecified atom stereocenters. The topological polar surface area (TPSA) is 175 Å². The predicted octanol–water partition coefficient (Wildman–Crippen LogP) is 18.6. The number of allylic oxidation sites excluding steroid dienone is 15. The molecule has 11 nitrogen and oxygen atoms in total. The third-order valence-corrected chi connectivity index (χ3v) is 16.5. The van der Waals surface area contributed by atoms with Crippen molar-refractivity contribution >= 4 is 11.9 Å². The Balaban J connectivity index is 2.60. The molecule has 1 heterocycles. The molecule has 0 radical (unpaired) electrons. The molecule has 0 bridgehead atoms. The fourth-order valence-corrected chi connectivity index (χ4v) is 10.8. The van der Waals surface area contributed by atoms with E-state index in [1.54, 1.807) is 6.08 Å². The third-order valence-electron chi connectivity index (χ3n) is 16.5. The first-order valence-electron chi connectivity index (χ1n) is 36.0. The first kappa shape index (κ1) is 81.6. The van der Waals surface area contributed by atoms with Gasteiger partial charge in [0.05, 0.1) is 25.4 Å². The van der Waals surface area contributed by atoms with E-state index in [0.717, 1.165) is 122 Å². The highest BCUT2D eigenvalue weighted by atomic mass is 16.7. The fraction of sp³-hybridized carbons (Fsp3) is 0.763. The van der Waals surface area contributed by atoms with E-state index >= 15 is 0 Å². The van der Waals surface area contributed by atoms with Gasteiger partial charge in [0.25, 0.3) is 0 Å². The van der Waals surface area contributed by atoms with E-state index in [4.69, 9.17) is 14.2 Å². The van der Waals surface area contributed by atoms with E-state index in [2.05, 4.69) is 111 Å². The van der Waals surface area contributed by atoms with Crippen LogP contribution in [-0.4, -0.2) is 99.6 Å². The van der Waals surface area contributed by atoms with Crippen LogP contribution in [0.15, 0.2) is 97.2 Å². The lowest BCUT2D eigenvalue weighted by atomic mass is 9.99. The number of amides is 1. The lowest BCUT2D eigenvalue weighted by Gasteiger charge is -2.41. The average Bonchev–Trinajstić information content (AvgIpc) is 2.32. The molecule has 0 aliphatic carbocycles. The van der Waals surface area contributed by atoms with Crippen molar-refractivity contribution in [3.63, 3.8) is 0 Å². The van der Waals surface area contributed by atoms with Gasteiger partial charge in [-0.05, 0) is 103 Å². The molecule has 0 saturated carbocycles. The standard InChI is InChI=1S/C76H133NO10/c1-4-7-10-13-16-19-22-25-27-29-31-33-35-37-39-41-43-46-49-52-55-58-61-64-71(81)87-74-73(83)72(82)70(65-78)86-76(74)85-66-67(68(79)62-59-56-53-50-47-44-24-21-18-15-12-9-6-3)77-75(84)69(80)63-60-57-54-51-48-45-42-40-38-36-34-32-30-28-26-23-20-17-14-11-8-5-2/h7,10,16-17,19-20,25-28,31,33,37,39,59,62,67-70,72-74,76,78-80,82-83H,4-6,8-9,11-15,18,21-24,29-30,32,34-36,38,40-58,60-61,63-66H2,1-3H3,(H,77,84)/b10-7-,19-16-,20-17-,27-25-,28-26-,33-31-,39-37-,62-59+. The summed E-state index contributed by atoms with van der Waals surface area (Å²) in [5.41, 5.74) is 0. The third kappa shape index (κ3) is 50.0. The van der Waals surface area contributed by atoms with Crippen molar-refractivity contribution in [3.8, 4) is 0 Å². The number of carbonyl (C=O) groups is 2. The fourth-order valence-electron chi connectivity index (χ4n) is 10.8. The Bertz CT molecular complexity index is 1790. The van der Waals surface area contributed by atoms with Crippen LogP contribution in [-0.2, 0) is 23.8 Å². The molecule has 1 fully saturated rings. The largest absolute Gasteiger partial charge is 0.454 e. The Kier molecular flexibility index (Phi) is 58.9. The Morgan fingerprint density at radius 1 is 0.460 bits per heavy atom. The number of aliphatic hydroxyl groups is 5. The number of carbonyl (C=O) groups excluding carboxylic acids is 2. The van der Waals surface area contributed by atoms with Crippen LogP contribution >= 0.6 is 0 Å². The van der Waals surface area contributed by atoms with Crippen LogP contribution in [0.5, 0.6) is 0 Å². The van der Waals surface area contributed by atoms with Gasteiger partial charge in [0, 0.05) is 6.42 Å². The van der Waals surface area contributed by atoms with Crippen molar-refractivity contribution in [2.24, 2.45) is 0 Å². The van der Waals surface area contributed by atoms with Crippen LogP contribution in [0, 0.1) is 0 Å². The smallest absolute Gasteiger partial charge is 0.306 e. The summed E-state index contributed by atoms with van der Waals surface area (Å²) in [5, 5.41) is 57.3. The quantitative estimate of drug-likeness (QED) is 0.0195. The minimum atomic E-state index is -1.62. The van der Waals surface area contributed by atoms with Gasteiger partial charge < -0.3 is 45.1 Å². The normalized spacial score (nSPS) is 18.8. The van der Waals surface area contributed by atoms with Crippen LogP contribution in [0.25, 0.3) is 0 Å². The summed E-state index contributed by atoms with van der Waals surface area (Å²) in [7, 11) is 0. The van der Waals surface area contributed by atoms with Crippen LogP contribution in [0.4, 0.5) is 0 Å². The molecule has 0 aromatic heterocycles. The van der Waals surface area contributed by atoms with Gasteiger partial charge in [-0.25, -0.2) is 0 Å². The molecule has 87 heavy (non-hydrogen) atoms. The minimum Gasteiger partial charge on any atom is -0.454 e. The summed E-state index contributed by atoms with van der Waals surface area (Å²) in [6.45, 7) is 5.68. The summed E-state index contributed by atoms with van der Waals surface area (Å²) >= 11 is 0. The van der Waals surface area contributed by atoms with Crippen molar-refractivity contribution in [2.45, 2.75) is 359 Å². The molecule has 1 saturated heterocycles. The van der Waals surface area contributed by atoms with Gasteiger partial charge in [0.1, 0.15) is 24.4 Å². The number of esters is 1. The van der Waals surface area contributed by atoms with Gasteiger partial charge in [-0.2, -0.15) is 0 Å². The maximum Gasteiger partial charge on any atom is 0.306 e. The van der Waals surface area contributed by atoms with Crippen molar-refractivity contribution in [1.29, 1.82) is 0 Å². The lowest BCUT2D eigenvalue weighted by molar-refractivity contribution is -0.305. The summed E-state index contributed by atoms with van der Waals surface area (Å²) in [5.74, 6) is -1.20. The number of rotatable bonds is 61. The number of ether oxygens (including phenoxy) is 3. The number of nitrogens with one attached hydrogen (secondary N) is 1. The van der Waals surface area contributed by atoms with Crippen LogP contribution in [0.2, 0.25) is 0 Å². The van der Waals surface area contributed by atoms with E-state index in [1.165, 1.54) is 141 Å². The molecular formula is C76H133NO10. The Hall–Kier alpha value is -3.42. The highest BCUT2D eigenvalue weighted by molar-refractivity contribution is 5.80. The molecule has 502 valence electrons. The monoisotopic (exact) mass is 1220 g/mol. The van der Waals surface area contributed by atoms with E-state index in [-0.39, 0.29) is 19.4 Å². The zero-order valence-electron chi connectivity index (χ0n) is 55.9. The van der Waals surface area contributed by atoms with Gasteiger partial charge in [-0.1, -0.05) is 298 Å². The van der Waals surface area contributed by atoms with Crippen molar-refractivity contribution in [1.82, 2.24) is 5.32 Å². The summed E-state index contributed by atoms with van der Waals surface area (Å²) in [6.07, 6.45) is 74.3. The maximum absolute atomic E-state index is 13.5. The average molecular weight is 1220 g/mol. The molecule has 6 N–H and O–H groups in total. The molecule has 0 aromatic rings. The van der Waals surface area contributed by atoms with Crippen molar-refractivity contribution < 1.29 is 49.3 Å². The van der Waals surface area contributed by atoms with Crippen LogP contribution < -0.4 is 5.32 Å². The predicted molar refractivity (Wildman–Crippen MR) is 365 cm³/mol. The zero-order valence-corrected chi connectivity index (χ0v) is 55.9. The summed E-state index contributed by atoms with van der Waals surface area (Å²) < 4.78 is 17.7. The highest BCUT2D eigenvalue weighted by Crippen LogP contribution is 2.26. The Morgan fingerprint density at radius 2 is 0.828 bits per heavy atom. The first-order chi connectivity index (χ1) is 42.7. The minimum absolute atomic E-state index is 0.107. The van der Waals surface area contributed by atoms with E-state index < -0.39 is 67.4 Å². The summed E-state index contributed by atoms with van der Waals surface area (Å²) in [4.78, 5) is 26.7. The van der Waals surface area contributed by atoms with Crippen LogP contribution in [0.3, 0.4) is 0 Å². The number of hydrogen-bond acceptors (Lipinski definition) is 10. The van der Waals surface area contributed by atoms with Gasteiger partial charge in [0.2, 0.25) is 5.91 Å². The van der Waals surface area contributed by atoms with Crippen molar-refractivity contribution in [3.05, 3.63) is 97.2 Å². The second kappa shape index (κ2) is 62.8. The molecule has 0 spiro atoms. The molecule has 1 aliphatic rings. The Morgan fingerprint density at radius 3 is 1.26 bits per heavy atom. The van der Waals surface area contributed by atoms with E-state index in [9.17, 15) is 35.1 Å². The van der Waals surface area contributed by atoms with E-state index in [1.807, 2.05) is 6.08 Å². The molecule has 0 aromatic carbocycles. The van der Waals surface area contributed by atoms with Gasteiger partial charge in [-0.15, -0.1) is 0 Å². The SMILES string of the molecule is CC/C=C\C/C=C\C/C=C\C/C=C\C/C=C\CCCCCCCCCC(=O)OC1C(OCC(NC(=O)C(O)CCCCCCCCCCCCCC/C=C\C/C=C\CCCCC)C(O)/C=C/CCCCCCCCCCCCC)OC(CO)C(O)C1O. The van der Waals surface area contributed by atoms with Gasteiger partial charge >= 0.3 is 5.97 Å². The van der Waals surface area contributed by atoms with Gasteiger partial charge in [-0.3, -0.25) is 9.59 Å². The molecule has 11 heteroatoms.